The van der Waals surface area contributed by atoms with Crippen molar-refractivity contribution in [3.05, 3.63) is 48.2 Å². The van der Waals surface area contributed by atoms with Crippen LogP contribution in [-0.2, 0) is 0 Å². The van der Waals surface area contributed by atoms with E-state index < -0.39 is 0 Å². The first-order chi connectivity index (χ1) is 10.0. The van der Waals surface area contributed by atoms with Gasteiger partial charge in [0, 0.05) is 18.3 Å². The van der Waals surface area contributed by atoms with Crippen LogP contribution in [0.2, 0.25) is 0 Å². The number of benzene rings is 1. The summed E-state index contributed by atoms with van der Waals surface area (Å²) in [5.74, 6) is 0.296. The number of carbonyl (C=O) groups is 1. The van der Waals surface area contributed by atoms with Gasteiger partial charge in [0.25, 0.3) is 5.91 Å². The highest BCUT2D eigenvalue weighted by Gasteiger charge is 2.09. The van der Waals surface area contributed by atoms with Crippen molar-refractivity contribution in [3.63, 3.8) is 0 Å². The van der Waals surface area contributed by atoms with E-state index in [4.69, 9.17) is 0 Å². The fraction of sp³-hybridized carbons (Fsp3) is 0.267. The van der Waals surface area contributed by atoms with Crippen LogP contribution in [0, 0.1) is 11.7 Å². The van der Waals surface area contributed by atoms with Crippen molar-refractivity contribution in [2.24, 2.45) is 5.92 Å². The lowest BCUT2D eigenvalue weighted by atomic mass is 10.2. The molecule has 0 saturated carbocycles. The first-order valence-electron chi connectivity index (χ1n) is 6.67. The Morgan fingerprint density at radius 1 is 1.24 bits per heavy atom. The zero-order chi connectivity index (χ0) is 15.2. The third-order valence-electron chi connectivity index (χ3n) is 2.69. The van der Waals surface area contributed by atoms with Crippen LogP contribution < -0.4 is 10.6 Å². The zero-order valence-electron chi connectivity index (χ0n) is 11.9. The lowest BCUT2D eigenvalue weighted by Crippen LogP contribution is -2.28. The second-order valence-electron chi connectivity index (χ2n) is 5.02. The van der Waals surface area contributed by atoms with Gasteiger partial charge in [-0.1, -0.05) is 13.8 Å². The minimum atomic E-state index is -0.308. The normalized spacial score (nSPS) is 10.5. The van der Waals surface area contributed by atoms with Gasteiger partial charge in [0.15, 0.2) is 0 Å². The summed E-state index contributed by atoms with van der Waals surface area (Å²) in [6, 6.07) is 7.43. The van der Waals surface area contributed by atoms with Gasteiger partial charge in [-0.05, 0) is 30.2 Å². The number of aromatic nitrogens is 2. The molecule has 6 heteroatoms. The van der Waals surface area contributed by atoms with Crippen LogP contribution in [0.5, 0.6) is 0 Å². The number of nitrogens with zero attached hydrogens (tertiary/aromatic N) is 2. The van der Waals surface area contributed by atoms with Crippen LogP contribution in [0.15, 0.2) is 36.7 Å². The van der Waals surface area contributed by atoms with E-state index in [1.807, 2.05) is 13.8 Å². The van der Waals surface area contributed by atoms with Crippen molar-refractivity contribution in [1.82, 2.24) is 15.3 Å². The highest BCUT2D eigenvalue weighted by atomic mass is 19.1. The molecule has 0 aliphatic heterocycles. The Bertz CT molecular complexity index is 613. The van der Waals surface area contributed by atoms with E-state index in [1.54, 1.807) is 18.2 Å². The largest absolute Gasteiger partial charge is 0.350 e. The molecule has 1 heterocycles. The molecule has 21 heavy (non-hydrogen) atoms. The Balaban J connectivity index is 2.06. The number of amides is 1. The van der Waals surface area contributed by atoms with Crippen LogP contribution in [0.25, 0.3) is 0 Å². The van der Waals surface area contributed by atoms with Gasteiger partial charge in [0.2, 0.25) is 0 Å². The van der Waals surface area contributed by atoms with Crippen molar-refractivity contribution in [3.8, 4) is 0 Å². The monoisotopic (exact) mass is 288 g/mol. The predicted molar refractivity (Wildman–Crippen MR) is 78.9 cm³/mol. The summed E-state index contributed by atoms with van der Waals surface area (Å²) in [5.41, 5.74) is 0.971. The number of rotatable bonds is 5. The molecular formula is C15H17FN4O. The summed E-state index contributed by atoms with van der Waals surface area (Å²) in [7, 11) is 0. The number of halogens is 1. The molecule has 2 rings (SSSR count). The van der Waals surface area contributed by atoms with Crippen molar-refractivity contribution >= 4 is 17.4 Å². The van der Waals surface area contributed by atoms with Crippen LogP contribution >= 0.6 is 0 Å². The van der Waals surface area contributed by atoms with E-state index in [0.29, 0.717) is 24.0 Å². The van der Waals surface area contributed by atoms with Crippen LogP contribution in [0.4, 0.5) is 15.9 Å². The third kappa shape index (κ3) is 4.52. The minimum absolute atomic E-state index is 0.242. The van der Waals surface area contributed by atoms with E-state index in [0.717, 1.165) is 0 Å². The summed E-state index contributed by atoms with van der Waals surface area (Å²) in [4.78, 5) is 19.9. The molecular weight excluding hydrogens is 271 g/mol. The second kappa shape index (κ2) is 6.78. The Kier molecular flexibility index (Phi) is 4.81. The summed E-state index contributed by atoms with van der Waals surface area (Å²) in [6.07, 6.45) is 1.32. The Labute approximate surface area is 122 Å². The number of anilines is 2. The molecule has 5 nitrogen and oxygen atoms in total. The molecule has 0 unspecified atom stereocenters. The van der Waals surface area contributed by atoms with Crippen molar-refractivity contribution in [2.45, 2.75) is 13.8 Å². The molecule has 0 saturated heterocycles. The van der Waals surface area contributed by atoms with Gasteiger partial charge >= 0.3 is 0 Å². The van der Waals surface area contributed by atoms with Crippen molar-refractivity contribution < 1.29 is 9.18 Å². The van der Waals surface area contributed by atoms with E-state index in [-0.39, 0.29) is 17.4 Å². The number of nitrogens with one attached hydrogen (secondary N) is 2. The topological polar surface area (TPSA) is 66.9 Å². The van der Waals surface area contributed by atoms with Gasteiger partial charge in [0.05, 0.1) is 0 Å². The van der Waals surface area contributed by atoms with E-state index in [9.17, 15) is 9.18 Å². The molecule has 1 aromatic carbocycles. The summed E-state index contributed by atoms with van der Waals surface area (Å²) in [6.45, 7) is 4.62. The standard InChI is InChI=1S/C15H17FN4O/c1-10(2)8-17-15(21)13-7-14(19-9-18-13)20-12-5-3-11(16)4-6-12/h3-7,9-10H,8H2,1-2H3,(H,17,21)(H,18,19,20). The van der Waals surface area contributed by atoms with Gasteiger partial charge in [-0.25, -0.2) is 14.4 Å². The fourth-order valence-electron chi connectivity index (χ4n) is 1.62. The molecule has 1 amide bonds. The lowest BCUT2D eigenvalue weighted by Gasteiger charge is -2.09. The zero-order valence-corrected chi connectivity index (χ0v) is 11.9. The van der Waals surface area contributed by atoms with E-state index >= 15 is 0 Å². The second-order valence-corrected chi connectivity index (χ2v) is 5.02. The molecule has 2 aromatic rings. The van der Waals surface area contributed by atoms with Gasteiger partial charge in [0.1, 0.15) is 23.7 Å². The lowest BCUT2D eigenvalue weighted by molar-refractivity contribution is 0.0944. The average molecular weight is 288 g/mol. The maximum absolute atomic E-state index is 12.8. The molecule has 0 bridgehead atoms. The maximum Gasteiger partial charge on any atom is 0.270 e. The van der Waals surface area contributed by atoms with Gasteiger partial charge in [-0.3, -0.25) is 4.79 Å². The predicted octanol–water partition coefficient (Wildman–Crippen LogP) is 2.75. The molecule has 110 valence electrons. The quantitative estimate of drug-likeness (QED) is 0.887. The average Bonchev–Trinajstić information content (AvgIpc) is 2.47. The Hall–Kier alpha value is -2.50. The molecule has 0 aliphatic carbocycles. The first kappa shape index (κ1) is 14.9. The molecule has 2 N–H and O–H groups in total. The number of carbonyl (C=O) groups excluding carboxylic acids is 1. The van der Waals surface area contributed by atoms with Crippen molar-refractivity contribution in [2.75, 3.05) is 11.9 Å². The van der Waals surface area contributed by atoms with Crippen LogP contribution in [-0.4, -0.2) is 22.4 Å². The van der Waals surface area contributed by atoms with Gasteiger partial charge in [-0.15, -0.1) is 0 Å². The molecule has 0 radical (unpaired) electrons. The summed E-state index contributed by atoms with van der Waals surface area (Å²) in [5, 5.41) is 5.78. The minimum Gasteiger partial charge on any atom is -0.350 e. The Morgan fingerprint density at radius 2 is 1.95 bits per heavy atom. The smallest absolute Gasteiger partial charge is 0.270 e. The molecule has 0 fully saturated rings. The number of hydrogen-bond donors (Lipinski definition) is 2. The third-order valence-corrected chi connectivity index (χ3v) is 2.69. The van der Waals surface area contributed by atoms with Gasteiger partial charge < -0.3 is 10.6 Å². The van der Waals surface area contributed by atoms with Crippen LogP contribution in [0.1, 0.15) is 24.3 Å². The van der Waals surface area contributed by atoms with Crippen LogP contribution in [0.3, 0.4) is 0 Å². The summed E-state index contributed by atoms with van der Waals surface area (Å²) >= 11 is 0. The molecule has 0 spiro atoms. The Morgan fingerprint density at radius 3 is 2.62 bits per heavy atom. The summed E-state index contributed by atoms with van der Waals surface area (Å²) < 4.78 is 12.8. The molecule has 0 aliphatic rings. The van der Waals surface area contributed by atoms with E-state index in [2.05, 4.69) is 20.6 Å². The maximum atomic E-state index is 12.8. The van der Waals surface area contributed by atoms with Gasteiger partial charge in [-0.2, -0.15) is 0 Å². The fourth-order valence-corrected chi connectivity index (χ4v) is 1.62. The molecule has 0 atom stereocenters. The number of hydrogen-bond acceptors (Lipinski definition) is 4. The highest BCUT2D eigenvalue weighted by molar-refractivity contribution is 5.92. The highest BCUT2D eigenvalue weighted by Crippen LogP contribution is 2.14. The van der Waals surface area contributed by atoms with Crippen molar-refractivity contribution in [1.29, 1.82) is 0 Å². The SMILES string of the molecule is CC(C)CNC(=O)c1cc(Nc2ccc(F)cc2)ncn1. The van der Waals surface area contributed by atoms with E-state index in [1.165, 1.54) is 18.5 Å². The first-order valence-corrected chi connectivity index (χ1v) is 6.67. The molecule has 1 aromatic heterocycles.